The van der Waals surface area contributed by atoms with Gasteiger partial charge < -0.3 is 15.2 Å². The number of carbonyl (C=O) groups excluding carboxylic acids is 1. The molecule has 0 radical (unpaired) electrons. The van der Waals surface area contributed by atoms with Crippen molar-refractivity contribution >= 4 is 5.91 Å². The third kappa shape index (κ3) is 4.20. The second-order valence-corrected chi connectivity index (χ2v) is 4.67. The number of nitrogens with one attached hydrogen (secondary N) is 1. The SMILES string of the molecule is CCC(CC)NC(=O)C(C)Oc1c(F)cccc1CO. The van der Waals surface area contributed by atoms with E-state index in [4.69, 9.17) is 9.84 Å². The zero-order valence-corrected chi connectivity index (χ0v) is 12.1. The van der Waals surface area contributed by atoms with Crippen LogP contribution in [0.1, 0.15) is 39.2 Å². The summed E-state index contributed by atoms with van der Waals surface area (Å²) >= 11 is 0. The minimum absolute atomic E-state index is 0.0674. The fourth-order valence-electron chi connectivity index (χ4n) is 1.85. The summed E-state index contributed by atoms with van der Waals surface area (Å²) in [5, 5.41) is 12.0. The van der Waals surface area contributed by atoms with Crippen LogP contribution in [0.5, 0.6) is 5.75 Å². The van der Waals surface area contributed by atoms with Gasteiger partial charge in [0.25, 0.3) is 5.91 Å². The number of aliphatic hydroxyl groups excluding tert-OH is 1. The van der Waals surface area contributed by atoms with E-state index < -0.39 is 11.9 Å². The van der Waals surface area contributed by atoms with Crippen molar-refractivity contribution in [2.45, 2.75) is 52.4 Å². The summed E-state index contributed by atoms with van der Waals surface area (Å²) in [4.78, 5) is 12.0. The van der Waals surface area contributed by atoms with Gasteiger partial charge in [0.15, 0.2) is 17.7 Å². The van der Waals surface area contributed by atoms with Gasteiger partial charge in [0.05, 0.1) is 6.61 Å². The molecule has 0 aliphatic heterocycles. The average Bonchev–Trinajstić information content (AvgIpc) is 2.46. The van der Waals surface area contributed by atoms with Crippen molar-refractivity contribution in [1.29, 1.82) is 0 Å². The second-order valence-electron chi connectivity index (χ2n) is 4.67. The monoisotopic (exact) mass is 283 g/mol. The van der Waals surface area contributed by atoms with Crippen molar-refractivity contribution in [3.63, 3.8) is 0 Å². The lowest BCUT2D eigenvalue weighted by atomic mass is 10.1. The zero-order chi connectivity index (χ0) is 15.1. The molecule has 0 saturated carbocycles. The van der Waals surface area contributed by atoms with Crippen LogP contribution in [-0.2, 0) is 11.4 Å². The van der Waals surface area contributed by atoms with Crippen LogP contribution in [-0.4, -0.2) is 23.2 Å². The Kier molecular flexibility index (Phi) is 6.45. The Morgan fingerprint density at radius 1 is 1.40 bits per heavy atom. The maximum Gasteiger partial charge on any atom is 0.260 e. The Bertz CT molecular complexity index is 447. The minimum atomic E-state index is -0.821. The summed E-state index contributed by atoms with van der Waals surface area (Å²) < 4.78 is 19.1. The molecule has 20 heavy (non-hydrogen) atoms. The van der Waals surface area contributed by atoms with Crippen molar-refractivity contribution in [2.75, 3.05) is 0 Å². The molecular weight excluding hydrogens is 261 g/mol. The molecule has 0 spiro atoms. The normalized spacial score (nSPS) is 12.3. The number of halogens is 1. The van der Waals surface area contributed by atoms with E-state index in [1.165, 1.54) is 12.1 Å². The number of benzene rings is 1. The summed E-state index contributed by atoms with van der Waals surface area (Å²) in [6.45, 7) is 5.20. The number of hydrogen-bond donors (Lipinski definition) is 2. The van der Waals surface area contributed by atoms with E-state index in [1.54, 1.807) is 13.0 Å². The Balaban J connectivity index is 2.75. The molecule has 1 unspecified atom stereocenters. The molecule has 1 amide bonds. The first kappa shape index (κ1) is 16.4. The molecule has 0 aliphatic carbocycles. The van der Waals surface area contributed by atoms with Gasteiger partial charge >= 0.3 is 0 Å². The molecule has 0 aromatic heterocycles. The fourth-order valence-corrected chi connectivity index (χ4v) is 1.85. The van der Waals surface area contributed by atoms with E-state index in [0.717, 1.165) is 12.8 Å². The summed E-state index contributed by atoms with van der Waals surface area (Å²) in [5.41, 5.74) is 0.326. The first-order valence-electron chi connectivity index (χ1n) is 6.88. The van der Waals surface area contributed by atoms with E-state index in [0.29, 0.717) is 5.56 Å². The fraction of sp³-hybridized carbons (Fsp3) is 0.533. The lowest BCUT2D eigenvalue weighted by Gasteiger charge is -2.20. The maximum absolute atomic E-state index is 13.7. The summed E-state index contributed by atoms with van der Waals surface area (Å²) in [7, 11) is 0. The molecule has 5 heteroatoms. The van der Waals surface area contributed by atoms with E-state index >= 15 is 0 Å². The number of aliphatic hydroxyl groups is 1. The van der Waals surface area contributed by atoms with Gasteiger partial charge in [-0.25, -0.2) is 4.39 Å². The topological polar surface area (TPSA) is 58.6 Å². The molecule has 1 aromatic rings. The van der Waals surface area contributed by atoms with Crippen LogP contribution in [0.4, 0.5) is 4.39 Å². The van der Waals surface area contributed by atoms with Gasteiger partial charge in [-0.2, -0.15) is 0 Å². The number of para-hydroxylation sites is 1. The second kappa shape index (κ2) is 7.85. The van der Waals surface area contributed by atoms with Gasteiger partial charge in [0, 0.05) is 11.6 Å². The molecule has 0 fully saturated rings. The lowest BCUT2D eigenvalue weighted by molar-refractivity contribution is -0.128. The number of rotatable bonds is 7. The van der Waals surface area contributed by atoms with Crippen LogP contribution in [0, 0.1) is 5.82 Å². The molecule has 0 saturated heterocycles. The molecule has 2 N–H and O–H groups in total. The Hall–Kier alpha value is -1.62. The molecular formula is C15H22FNO3. The van der Waals surface area contributed by atoms with Gasteiger partial charge in [-0.1, -0.05) is 26.0 Å². The first-order valence-corrected chi connectivity index (χ1v) is 6.88. The highest BCUT2D eigenvalue weighted by molar-refractivity contribution is 5.81. The van der Waals surface area contributed by atoms with Crippen LogP contribution >= 0.6 is 0 Å². The predicted molar refractivity (Wildman–Crippen MR) is 74.9 cm³/mol. The van der Waals surface area contributed by atoms with Crippen molar-refractivity contribution in [3.05, 3.63) is 29.6 Å². The van der Waals surface area contributed by atoms with E-state index in [1.807, 2.05) is 13.8 Å². The van der Waals surface area contributed by atoms with E-state index in [-0.39, 0.29) is 24.3 Å². The van der Waals surface area contributed by atoms with Crippen LogP contribution in [0.2, 0.25) is 0 Å². The van der Waals surface area contributed by atoms with Gasteiger partial charge in [0.2, 0.25) is 0 Å². The quantitative estimate of drug-likeness (QED) is 0.808. The number of carbonyl (C=O) groups is 1. The molecule has 0 aliphatic rings. The Morgan fingerprint density at radius 2 is 2.05 bits per heavy atom. The van der Waals surface area contributed by atoms with E-state index in [9.17, 15) is 9.18 Å². The van der Waals surface area contributed by atoms with Crippen molar-refractivity contribution in [3.8, 4) is 5.75 Å². The molecule has 1 aromatic carbocycles. The highest BCUT2D eigenvalue weighted by atomic mass is 19.1. The minimum Gasteiger partial charge on any atom is -0.477 e. The van der Waals surface area contributed by atoms with Gasteiger partial charge in [-0.05, 0) is 25.8 Å². The highest BCUT2D eigenvalue weighted by Gasteiger charge is 2.20. The van der Waals surface area contributed by atoms with Crippen molar-refractivity contribution in [2.24, 2.45) is 0 Å². The number of hydrogen-bond acceptors (Lipinski definition) is 3. The number of ether oxygens (including phenoxy) is 1. The first-order chi connectivity index (χ1) is 9.53. The Morgan fingerprint density at radius 3 is 2.60 bits per heavy atom. The van der Waals surface area contributed by atoms with E-state index in [2.05, 4.69) is 5.32 Å². The summed E-state index contributed by atoms with van der Waals surface area (Å²) in [5.74, 6) is -0.938. The van der Waals surface area contributed by atoms with Crippen LogP contribution in [0.15, 0.2) is 18.2 Å². The molecule has 0 bridgehead atoms. The Labute approximate surface area is 119 Å². The smallest absolute Gasteiger partial charge is 0.260 e. The highest BCUT2D eigenvalue weighted by Crippen LogP contribution is 2.23. The van der Waals surface area contributed by atoms with Crippen molar-refractivity contribution in [1.82, 2.24) is 5.32 Å². The average molecular weight is 283 g/mol. The van der Waals surface area contributed by atoms with Crippen LogP contribution in [0.25, 0.3) is 0 Å². The van der Waals surface area contributed by atoms with Crippen LogP contribution in [0.3, 0.4) is 0 Å². The molecule has 1 rings (SSSR count). The molecule has 0 heterocycles. The standard InChI is InChI=1S/C15H22FNO3/c1-4-12(5-2)17-15(19)10(3)20-14-11(9-18)7-6-8-13(14)16/h6-8,10,12,18H,4-5,9H2,1-3H3,(H,17,19). The van der Waals surface area contributed by atoms with Crippen molar-refractivity contribution < 1.29 is 19.0 Å². The summed E-state index contributed by atoms with van der Waals surface area (Å²) in [6, 6.07) is 4.37. The summed E-state index contributed by atoms with van der Waals surface area (Å²) in [6.07, 6.45) is 0.838. The van der Waals surface area contributed by atoms with Gasteiger partial charge in [-0.15, -0.1) is 0 Å². The molecule has 4 nitrogen and oxygen atoms in total. The number of amides is 1. The zero-order valence-electron chi connectivity index (χ0n) is 12.1. The predicted octanol–water partition coefficient (Wildman–Crippen LogP) is 2.39. The lowest BCUT2D eigenvalue weighted by Crippen LogP contribution is -2.42. The largest absolute Gasteiger partial charge is 0.477 e. The maximum atomic E-state index is 13.7. The van der Waals surface area contributed by atoms with Crippen LogP contribution < -0.4 is 10.1 Å². The molecule has 112 valence electrons. The van der Waals surface area contributed by atoms with Gasteiger partial charge in [-0.3, -0.25) is 4.79 Å². The third-order valence-electron chi connectivity index (χ3n) is 3.21. The van der Waals surface area contributed by atoms with Gasteiger partial charge in [0.1, 0.15) is 0 Å². The third-order valence-corrected chi connectivity index (χ3v) is 3.21. The molecule has 1 atom stereocenters.